The molecular formula is C27H44N10O6. The Morgan fingerprint density at radius 3 is 1.84 bits per heavy atom. The monoisotopic (exact) mass is 604 g/mol. The molecule has 16 heteroatoms. The molecule has 0 fully saturated rings. The standard InChI is InChI=1S/C27H44N10O6/c1-16(34-24(41)17-8-3-2-4-9-17)23(40)36-19(11-7-15-33-27(31)32)25(42)37-20(12-13-21(29)38)26(43)35-18(22(30)39)10-5-6-14-28/h2-4,8-9,16,18-20H,5-7,10-15,28H2,1H3,(H2,29,38)(H2,30,39)(H,34,41)(H,35,43)(H,36,40)(H,37,42)(H4,31,32,33)/t16-,18-,19-,20-/m0/s1. The van der Waals surface area contributed by atoms with Gasteiger partial charge in [0.15, 0.2) is 5.96 Å². The molecule has 0 unspecified atom stereocenters. The molecular weight excluding hydrogens is 560 g/mol. The molecule has 1 rings (SSSR count). The Kier molecular flexibility index (Phi) is 16.4. The van der Waals surface area contributed by atoms with E-state index in [-0.39, 0.29) is 44.6 Å². The first-order valence-electron chi connectivity index (χ1n) is 14.0. The van der Waals surface area contributed by atoms with Gasteiger partial charge in [0.2, 0.25) is 29.5 Å². The maximum absolute atomic E-state index is 13.4. The van der Waals surface area contributed by atoms with Crippen molar-refractivity contribution in [1.29, 1.82) is 0 Å². The summed E-state index contributed by atoms with van der Waals surface area (Å²) in [5, 5.41) is 10.2. The molecule has 16 nitrogen and oxygen atoms in total. The summed E-state index contributed by atoms with van der Waals surface area (Å²) in [6.07, 6.45) is 1.24. The first-order valence-corrected chi connectivity index (χ1v) is 14.0. The lowest BCUT2D eigenvalue weighted by atomic mass is 10.0. The number of aliphatic imine (C=N–C) groups is 1. The summed E-state index contributed by atoms with van der Waals surface area (Å²) in [4.78, 5) is 79.1. The van der Waals surface area contributed by atoms with Gasteiger partial charge in [-0.1, -0.05) is 18.2 Å². The van der Waals surface area contributed by atoms with Crippen molar-refractivity contribution < 1.29 is 28.8 Å². The van der Waals surface area contributed by atoms with Crippen LogP contribution >= 0.6 is 0 Å². The van der Waals surface area contributed by atoms with E-state index in [2.05, 4.69) is 26.3 Å². The van der Waals surface area contributed by atoms with Crippen LogP contribution in [0.5, 0.6) is 0 Å². The van der Waals surface area contributed by atoms with Crippen molar-refractivity contribution in [3.8, 4) is 0 Å². The fourth-order valence-electron chi connectivity index (χ4n) is 3.88. The molecule has 0 radical (unpaired) electrons. The van der Waals surface area contributed by atoms with E-state index in [0.29, 0.717) is 24.9 Å². The van der Waals surface area contributed by atoms with Crippen LogP contribution in [-0.2, 0) is 24.0 Å². The van der Waals surface area contributed by atoms with Crippen LogP contribution in [0.25, 0.3) is 0 Å². The van der Waals surface area contributed by atoms with Crippen molar-refractivity contribution in [2.24, 2.45) is 33.7 Å². The van der Waals surface area contributed by atoms with E-state index < -0.39 is 59.6 Å². The van der Waals surface area contributed by atoms with Crippen molar-refractivity contribution >= 4 is 41.4 Å². The van der Waals surface area contributed by atoms with Gasteiger partial charge in [-0.2, -0.15) is 0 Å². The number of carbonyl (C=O) groups is 6. The van der Waals surface area contributed by atoms with E-state index in [9.17, 15) is 28.8 Å². The van der Waals surface area contributed by atoms with Crippen molar-refractivity contribution in [3.63, 3.8) is 0 Å². The highest BCUT2D eigenvalue weighted by Crippen LogP contribution is 2.07. The van der Waals surface area contributed by atoms with Crippen LogP contribution < -0.4 is 49.9 Å². The molecule has 0 aromatic heterocycles. The van der Waals surface area contributed by atoms with Crippen LogP contribution in [0.3, 0.4) is 0 Å². The maximum atomic E-state index is 13.4. The van der Waals surface area contributed by atoms with E-state index in [4.69, 9.17) is 28.7 Å². The second-order valence-electron chi connectivity index (χ2n) is 9.89. The van der Waals surface area contributed by atoms with Crippen LogP contribution in [0.15, 0.2) is 35.3 Å². The number of primary amides is 2. The van der Waals surface area contributed by atoms with Crippen LogP contribution in [-0.4, -0.2) is 78.7 Å². The predicted octanol–water partition coefficient (Wildman–Crippen LogP) is -2.81. The lowest BCUT2D eigenvalue weighted by Crippen LogP contribution is -2.57. The average molecular weight is 605 g/mol. The third kappa shape index (κ3) is 14.6. The zero-order valence-corrected chi connectivity index (χ0v) is 24.3. The summed E-state index contributed by atoms with van der Waals surface area (Å²) in [5.41, 5.74) is 27.2. The largest absolute Gasteiger partial charge is 0.370 e. The highest BCUT2D eigenvalue weighted by molar-refractivity contribution is 5.98. The van der Waals surface area contributed by atoms with Gasteiger partial charge in [-0.25, -0.2) is 0 Å². The second-order valence-corrected chi connectivity index (χ2v) is 9.89. The molecule has 1 aromatic carbocycles. The van der Waals surface area contributed by atoms with Crippen LogP contribution in [0.1, 0.15) is 62.2 Å². The van der Waals surface area contributed by atoms with Gasteiger partial charge in [0, 0.05) is 18.5 Å². The number of nitrogens with two attached hydrogens (primary N) is 5. The second kappa shape index (κ2) is 19.4. The van der Waals surface area contributed by atoms with Crippen molar-refractivity contribution in [1.82, 2.24) is 21.3 Å². The quantitative estimate of drug-likeness (QED) is 0.0421. The first-order chi connectivity index (χ1) is 20.3. The molecule has 0 spiro atoms. The number of hydrogen-bond acceptors (Lipinski definition) is 8. The SMILES string of the molecule is C[C@H](NC(=O)c1ccccc1)C(=O)N[C@@H](CCCN=C(N)N)C(=O)N[C@@H](CCC(N)=O)C(=O)N[C@@H](CCCCN)C(N)=O. The van der Waals surface area contributed by atoms with Crippen molar-refractivity contribution in [2.45, 2.75) is 76.0 Å². The summed E-state index contributed by atoms with van der Waals surface area (Å²) < 4.78 is 0. The Morgan fingerprint density at radius 1 is 0.721 bits per heavy atom. The molecule has 0 saturated carbocycles. The van der Waals surface area contributed by atoms with Gasteiger partial charge < -0.3 is 49.9 Å². The Morgan fingerprint density at radius 2 is 1.28 bits per heavy atom. The first kappa shape index (κ1) is 36.3. The van der Waals surface area contributed by atoms with Crippen molar-refractivity contribution in [3.05, 3.63) is 35.9 Å². The molecule has 1 aromatic rings. The van der Waals surface area contributed by atoms with Gasteiger partial charge >= 0.3 is 0 Å². The van der Waals surface area contributed by atoms with E-state index in [1.165, 1.54) is 6.92 Å². The number of carbonyl (C=O) groups excluding carboxylic acids is 6. The number of hydrogen-bond donors (Lipinski definition) is 9. The molecule has 0 heterocycles. The van der Waals surface area contributed by atoms with E-state index >= 15 is 0 Å². The van der Waals surface area contributed by atoms with Gasteiger partial charge in [-0.05, 0) is 64.1 Å². The molecule has 0 aliphatic rings. The lowest BCUT2D eigenvalue weighted by Gasteiger charge is -2.25. The van der Waals surface area contributed by atoms with Crippen LogP contribution in [0, 0.1) is 0 Å². The highest BCUT2D eigenvalue weighted by atomic mass is 16.2. The molecule has 0 aliphatic heterocycles. The topological polar surface area (TPSA) is 293 Å². The number of nitrogens with one attached hydrogen (secondary N) is 4. The zero-order chi connectivity index (χ0) is 32.4. The Hall–Kier alpha value is -4.73. The zero-order valence-electron chi connectivity index (χ0n) is 24.3. The normalized spacial score (nSPS) is 13.3. The maximum Gasteiger partial charge on any atom is 0.251 e. The van der Waals surface area contributed by atoms with Crippen LogP contribution in [0.4, 0.5) is 0 Å². The van der Waals surface area contributed by atoms with Gasteiger partial charge in [-0.3, -0.25) is 33.8 Å². The fourth-order valence-corrected chi connectivity index (χ4v) is 3.88. The molecule has 238 valence electrons. The third-order valence-corrected chi connectivity index (χ3v) is 6.27. The highest BCUT2D eigenvalue weighted by Gasteiger charge is 2.30. The van der Waals surface area contributed by atoms with Crippen LogP contribution in [0.2, 0.25) is 0 Å². The summed E-state index contributed by atoms with van der Waals surface area (Å²) in [7, 11) is 0. The summed E-state index contributed by atoms with van der Waals surface area (Å²) in [6.45, 7) is 1.99. The average Bonchev–Trinajstić information content (AvgIpc) is 2.95. The predicted molar refractivity (Wildman–Crippen MR) is 160 cm³/mol. The summed E-state index contributed by atoms with van der Waals surface area (Å²) in [5.74, 6) is -4.33. The van der Waals surface area contributed by atoms with E-state index in [1.54, 1.807) is 30.3 Å². The molecule has 0 aliphatic carbocycles. The van der Waals surface area contributed by atoms with Gasteiger partial charge in [0.25, 0.3) is 5.91 Å². The lowest BCUT2D eigenvalue weighted by molar-refractivity contribution is -0.134. The third-order valence-electron chi connectivity index (χ3n) is 6.27. The number of rotatable bonds is 20. The minimum atomic E-state index is -1.29. The van der Waals surface area contributed by atoms with Gasteiger partial charge in [0.05, 0.1) is 0 Å². The molecule has 6 amide bonds. The number of unbranched alkanes of at least 4 members (excludes halogenated alkanes) is 1. The molecule has 43 heavy (non-hydrogen) atoms. The van der Waals surface area contributed by atoms with E-state index in [0.717, 1.165) is 0 Å². The summed E-state index contributed by atoms with van der Waals surface area (Å²) in [6, 6.07) is 3.72. The number of benzene rings is 1. The van der Waals surface area contributed by atoms with Crippen molar-refractivity contribution in [2.75, 3.05) is 13.1 Å². The van der Waals surface area contributed by atoms with E-state index in [1.807, 2.05) is 0 Å². The molecule has 14 N–H and O–H groups in total. The molecule has 0 saturated heterocycles. The summed E-state index contributed by atoms with van der Waals surface area (Å²) >= 11 is 0. The minimum absolute atomic E-state index is 0.0564. The minimum Gasteiger partial charge on any atom is -0.370 e. The smallest absolute Gasteiger partial charge is 0.251 e. The molecule has 4 atom stereocenters. The molecule has 0 bridgehead atoms. The van der Waals surface area contributed by atoms with Gasteiger partial charge in [-0.15, -0.1) is 0 Å². The fraction of sp³-hybridized carbons (Fsp3) is 0.519. The Labute approximate surface area is 250 Å². The Bertz CT molecular complexity index is 1130. The number of guanidine groups is 1. The number of amides is 6. The number of nitrogens with zero attached hydrogens (tertiary/aromatic N) is 1. The Balaban J connectivity index is 3.06. The van der Waals surface area contributed by atoms with Gasteiger partial charge in [0.1, 0.15) is 24.2 Å².